The number of hydrogen-bond acceptors (Lipinski definition) is 4. The fourth-order valence-electron chi connectivity index (χ4n) is 2.71. The molecule has 2 N–H and O–H groups in total. The molecule has 0 amide bonds. The predicted octanol–water partition coefficient (Wildman–Crippen LogP) is 0.0440. The largest absolute Gasteiger partial charge is 0.481 e. The number of nitrogens with one attached hydrogen (secondary N) is 1. The van der Waals surface area contributed by atoms with Gasteiger partial charge in [-0.1, -0.05) is 0 Å². The summed E-state index contributed by atoms with van der Waals surface area (Å²) < 4.78 is 33.3. The smallest absolute Gasteiger partial charge is 0.306 e. The molecular weight excluding hydrogens is 284 g/mol. The molecule has 116 valence electrons. The van der Waals surface area contributed by atoms with Gasteiger partial charge in [0, 0.05) is 19.6 Å². The van der Waals surface area contributed by atoms with Gasteiger partial charge in [0.1, 0.15) is 0 Å². The average molecular weight is 306 g/mol. The maximum atomic E-state index is 12.1. The number of carboxylic acids is 1. The third-order valence-corrected chi connectivity index (χ3v) is 5.64. The second-order valence-electron chi connectivity index (χ2n) is 5.42. The number of hydrogen-bond donors (Lipinski definition) is 2. The molecule has 0 aromatic heterocycles. The zero-order valence-electron chi connectivity index (χ0n) is 11.5. The molecular formula is C12H22N2O5S. The Hall–Kier alpha value is -0.700. The molecule has 1 saturated heterocycles. The number of rotatable bonds is 5. The van der Waals surface area contributed by atoms with Crippen LogP contribution in [0.3, 0.4) is 0 Å². The minimum absolute atomic E-state index is 0.237. The van der Waals surface area contributed by atoms with Crippen molar-refractivity contribution in [2.75, 3.05) is 32.8 Å². The lowest BCUT2D eigenvalue weighted by Crippen LogP contribution is -2.47. The molecule has 0 spiro atoms. The van der Waals surface area contributed by atoms with Gasteiger partial charge in [-0.15, -0.1) is 0 Å². The van der Waals surface area contributed by atoms with Crippen LogP contribution in [0.4, 0.5) is 0 Å². The molecule has 0 aromatic rings. The number of morpholine rings is 1. The molecule has 0 bridgehead atoms. The van der Waals surface area contributed by atoms with Gasteiger partial charge in [-0.25, -0.2) is 4.72 Å². The van der Waals surface area contributed by atoms with Crippen LogP contribution in [0.2, 0.25) is 0 Å². The number of carbonyl (C=O) groups is 1. The van der Waals surface area contributed by atoms with E-state index in [0.29, 0.717) is 45.7 Å². The second kappa shape index (κ2) is 6.84. The third-order valence-electron chi connectivity index (χ3n) is 4.06. The highest BCUT2D eigenvalue weighted by atomic mass is 32.2. The Labute approximate surface area is 119 Å². The minimum atomic E-state index is -3.43. The number of carboxylic acid groups (broad SMARTS) is 1. The van der Waals surface area contributed by atoms with Crippen molar-refractivity contribution in [1.82, 2.24) is 9.03 Å². The first kappa shape index (κ1) is 15.7. The summed E-state index contributed by atoms with van der Waals surface area (Å²) >= 11 is 0. The van der Waals surface area contributed by atoms with Crippen LogP contribution in [-0.4, -0.2) is 56.6 Å². The molecule has 0 aromatic carbocycles. The first-order valence-electron chi connectivity index (χ1n) is 7.04. The van der Waals surface area contributed by atoms with Crippen molar-refractivity contribution in [3.8, 4) is 0 Å². The zero-order chi connectivity index (χ0) is 14.6. The zero-order valence-corrected chi connectivity index (χ0v) is 12.3. The van der Waals surface area contributed by atoms with Gasteiger partial charge in [-0.3, -0.25) is 4.79 Å². The van der Waals surface area contributed by atoms with E-state index in [9.17, 15) is 13.2 Å². The fourth-order valence-corrected chi connectivity index (χ4v) is 3.97. The Bertz CT molecular complexity index is 425. The van der Waals surface area contributed by atoms with Crippen LogP contribution >= 0.6 is 0 Å². The monoisotopic (exact) mass is 306 g/mol. The Morgan fingerprint density at radius 1 is 1.20 bits per heavy atom. The van der Waals surface area contributed by atoms with Crippen LogP contribution in [0.1, 0.15) is 25.7 Å². The summed E-state index contributed by atoms with van der Waals surface area (Å²) in [5, 5.41) is 8.92. The van der Waals surface area contributed by atoms with Crippen molar-refractivity contribution in [2.45, 2.75) is 25.7 Å². The van der Waals surface area contributed by atoms with Gasteiger partial charge in [0.05, 0.1) is 19.1 Å². The molecule has 2 aliphatic rings. The Kier molecular flexibility index (Phi) is 5.36. The lowest BCUT2D eigenvalue weighted by atomic mass is 9.82. The van der Waals surface area contributed by atoms with Gasteiger partial charge in [-0.2, -0.15) is 12.7 Å². The maximum Gasteiger partial charge on any atom is 0.306 e. The summed E-state index contributed by atoms with van der Waals surface area (Å²) in [7, 11) is -3.43. The second-order valence-corrected chi connectivity index (χ2v) is 7.18. The fraction of sp³-hybridized carbons (Fsp3) is 0.917. The van der Waals surface area contributed by atoms with Gasteiger partial charge >= 0.3 is 5.97 Å². The summed E-state index contributed by atoms with van der Waals surface area (Å²) in [5.41, 5.74) is 0. The SMILES string of the molecule is O=C(O)C1CCC(CNS(=O)(=O)N2CCOCC2)CC1. The highest BCUT2D eigenvalue weighted by molar-refractivity contribution is 7.87. The molecule has 20 heavy (non-hydrogen) atoms. The Morgan fingerprint density at radius 3 is 2.35 bits per heavy atom. The van der Waals surface area contributed by atoms with E-state index in [4.69, 9.17) is 9.84 Å². The maximum absolute atomic E-state index is 12.1. The van der Waals surface area contributed by atoms with Crippen LogP contribution in [0.5, 0.6) is 0 Å². The third kappa shape index (κ3) is 4.15. The van der Waals surface area contributed by atoms with E-state index in [1.54, 1.807) is 0 Å². The molecule has 0 atom stereocenters. The molecule has 2 fully saturated rings. The Balaban J connectivity index is 1.76. The molecule has 8 heteroatoms. The number of ether oxygens (including phenoxy) is 1. The Morgan fingerprint density at radius 2 is 1.80 bits per heavy atom. The summed E-state index contributed by atoms with van der Waals surface area (Å²) in [4.78, 5) is 10.9. The van der Waals surface area contributed by atoms with E-state index in [-0.39, 0.29) is 11.8 Å². The van der Waals surface area contributed by atoms with Crippen molar-refractivity contribution in [3.63, 3.8) is 0 Å². The molecule has 2 rings (SSSR count). The van der Waals surface area contributed by atoms with Gasteiger partial charge < -0.3 is 9.84 Å². The normalized spacial score (nSPS) is 29.2. The van der Waals surface area contributed by atoms with Crippen molar-refractivity contribution in [1.29, 1.82) is 0 Å². The highest BCUT2D eigenvalue weighted by Crippen LogP contribution is 2.28. The van der Waals surface area contributed by atoms with E-state index in [0.717, 1.165) is 12.8 Å². The van der Waals surface area contributed by atoms with Crippen LogP contribution in [0.15, 0.2) is 0 Å². The summed E-state index contributed by atoms with van der Waals surface area (Å²) in [5.74, 6) is -0.763. The van der Waals surface area contributed by atoms with E-state index >= 15 is 0 Å². The molecule has 1 aliphatic heterocycles. The molecule has 1 heterocycles. The van der Waals surface area contributed by atoms with Crippen molar-refractivity contribution < 1.29 is 23.1 Å². The molecule has 0 unspecified atom stereocenters. The van der Waals surface area contributed by atoms with Crippen molar-refractivity contribution >= 4 is 16.2 Å². The van der Waals surface area contributed by atoms with E-state index in [1.807, 2.05) is 0 Å². The van der Waals surface area contributed by atoms with E-state index in [2.05, 4.69) is 4.72 Å². The summed E-state index contributed by atoms with van der Waals surface area (Å²) in [6, 6.07) is 0. The van der Waals surface area contributed by atoms with Gasteiger partial charge in [0.25, 0.3) is 10.2 Å². The summed E-state index contributed by atoms with van der Waals surface area (Å²) in [6.45, 7) is 2.05. The molecule has 7 nitrogen and oxygen atoms in total. The number of nitrogens with zero attached hydrogens (tertiary/aromatic N) is 1. The standard InChI is InChI=1S/C12H22N2O5S/c15-12(16)11-3-1-10(2-4-11)9-13-20(17,18)14-5-7-19-8-6-14/h10-11,13H,1-9H2,(H,15,16). The molecule has 0 radical (unpaired) electrons. The topological polar surface area (TPSA) is 95.9 Å². The average Bonchev–Trinajstić information content (AvgIpc) is 2.46. The van der Waals surface area contributed by atoms with Crippen LogP contribution in [-0.2, 0) is 19.7 Å². The van der Waals surface area contributed by atoms with Gasteiger partial charge in [0.15, 0.2) is 0 Å². The number of aliphatic carboxylic acids is 1. The quantitative estimate of drug-likeness (QED) is 0.748. The first-order valence-corrected chi connectivity index (χ1v) is 8.48. The predicted molar refractivity (Wildman–Crippen MR) is 72.4 cm³/mol. The van der Waals surface area contributed by atoms with Crippen LogP contribution in [0.25, 0.3) is 0 Å². The first-order chi connectivity index (χ1) is 9.49. The van der Waals surface area contributed by atoms with Crippen molar-refractivity contribution in [2.24, 2.45) is 11.8 Å². The molecule has 1 saturated carbocycles. The van der Waals surface area contributed by atoms with Crippen LogP contribution < -0.4 is 4.72 Å². The van der Waals surface area contributed by atoms with Crippen molar-refractivity contribution in [3.05, 3.63) is 0 Å². The lowest BCUT2D eigenvalue weighted by molar-refractivity contribution is -0.143. The minimum Gasteiger partial charge on any atom is -0.481 e. The summed E-state index contributed by atoms with van der Waals surface area (Å²) in [6.07, 6.45) is 2.81. The van der Waals surface area contributed by atoms with Gasteiger partial charge in [-0.05, 0) is 31.6 Å². The van der Waals surface area contributed by atoms with E-state index in [1.165, 1.54) is 4.31 Å². The van der Waals surface area contributed by atoms with E-state index < -0.39 is 16.2 Å². The lowest BCUT2D eigenvalue weighted by Gasteiger charge is -2.29. The highest BCUT2D eigenvalue weighted by Gasteiger charge is 2.28. The van der Waals surface area contributed by atoms with Gasteiger partial charge in [0.2, 0.25) is 0 Å². The van der Waals surface area contributed by atoms with Crippen LogP contribution in [0, 0.1) is 11.8 Å². The molecule has 1 aliphatic carbocycles.